The molecule has 0 aliphatic carbocycles. The first-order chi connectivity index (χ1) is 9.79. The van der Waals surface area contributed by atoms with Gasteiger partial charge in [-0.3, -0.25) is 4.79 Å². The predicted octanol–water partition coefficient (Wildman–Crippen LogP) is 2.74. The van der Waals surface area contributed by atoms with E-state index in [-0.39, 0.29) is 0 Å². The molecule has 1 aromatic carbocycles. The van der Waals surface area contributed by atoms with Crippen molar-refractivity contribution < 1.29 is 4.79 Å². The molecule has 0 spiro atoms. The van der Waals surface area contributed by atoms with Crippen LogP contribution in [0.4, 0.5) is 0 Å². The van der Waals surface area contributed by atoms with E-state index in [0.29, 0.717) is 5.91 Å². The normalized spacial score (nSPS) is 16.2. The summed E-state index contributed by atoms with van der Waals surface area (Å²) in [6.45, 7) is 5.70. The number of carbonyl (C=O) groups excluding carboxylic acids is 1. The zero-order valence-electron chi connectivity index (χ0n) is 12.5. The molecule has 1 fully saturated rings. The maximum Gasteiger partial charge on any atom is 0.222 e. The fraction of sp³-hybridized carbons (Fsp3) is 0.588. The zero-order chi connectivity index (χ0) is 14.2. The Bertz CT molecular complexity index is 414. The van der Waals surface area contributed by atoms with E-state index in [2.05, 4.69) is 36.5 Å². The smallest absolute Gasteiger partial charge is 0.222 e. The summed E-state index contributed by atoms with van der Waals surface area (Å²) in [5, 5.41) is 3.43. The number of nitrogens with one attached hydrogen (secondary N) is 1. The highest BCUT2D eigenvalue weighted by Gasteiger charge is 2.15. The van der Waals surface area contributed by atoms with Gasteiger partial charge in [-0.1, -0.05) is 37.6 Å². The first-order valence-electron chi connectivity index (χ1n) is 7.86. The molecule has 0 atom stereocenters. The summed E-state index contributed by atoms with van der Waals surface area (Å²) in [4.78, 5) is 13.9. The minimum absolute atomic E-state index is 0.330. The van der Waals surface area contributed by atoms with E-state index >= 15 is 0 Å². The molecule has 0 bridgehead atoms. The quantitative estimate of drug-likeness (QED) is 0.809. The van der Waals surface area contributed by atoms with Gasteiger partial charge >= 0.3 is 0 Å². The Hall–Kier alpha value is -1.35. The molecule has 3 heteroatoms. The topological polar surface area (TPSA) is 32.3 Å². The molecule has 0 aromatic heterocycles. The van der Waals surface area contributed by atoms with Crippen LogP contribution in [0.5, 0.6) is 0 Å². The van der Waals surface area contributed by atoms with Crippen LogP contribution in [0.15, 0.2) is 24.3 Å². The van der Waals surface area contributed by atoms with E-state index < -0.39 is 0 Å². The third-order valence-corrected chi connectivity index (χ3v) is 3.99. The highest BCUT2D eigenvalue weighted by Crippen LogP contribution is 2.10. The van der Waals surface area contributed by atoms with E-state index in [1.165, 1.54) is 17.5 Å². The molecule has 3 nitrogen and oxygen atoms in total. The van der Waals surface area contributed by atoms with Crippen molar-refractivity contribution in [2.75, 3.05) is 19.6 Å². The van der Waals surface area contributed by atoms with Gasteiger partial charge in [0.25, 0.3) is 0 Å². The molecule has 1 N–H and O–H groups in total. The molecule has 1 saturated heterocycles. The van der Waals surface area contributed by atoms with Crippen molar-refractivity contribution in [3.63, 3.8) is 0 Å². The number of rotatable bonds is 6. The third kappa shape index (κ3) is 4.64. The average molecular weight is 274 g/mol. The zero-order valence-corrected chi connectivity index (χ0v) is 12.5. The van der Waals surface area contributed by atoms with Crippen LogP contribution in [0, 0.1) is 0 Å². The van der Waals surface area contributed by atoms with Gasteiger partial charge in [0.15, 0.2) is 0 Å². The first kappa shape index (κ1) is 15.0. The van der Waals surface area contributed by atoms with Gasteiger partial charge in [-0.25, -0.2) is 0 Å². The Morgan fingerprint density at radius 3 is 2.60 bits per heavy atom. The third-order valence-electron chi connectivity index (χ3n) is 3.99. The summed E-state index contributed by atoms with van der Waals surface area (Å²) < 4.78 is 0. The summed E-state index contributed by atoms with van der Waals surface area (Å²) in [7, 11) is 0. The summed E-state index contributed by atoms with van der Waals surface area (Å²) in [5.74, 6) is 0.330. The van der Waals surface area contributed by atoms with Crippen LogP contribution >= 0.6 is 0 Å². The van der Waals surface area contributed by atoms with E-state index in [1.54, 1.807) is 0 Å². The summed E-state index contributed by atoms with van der Waals surface area (Å²) >= 11 is 0. The number of nitrogens with zero attached hydrogens (tertiary/aromatic N) is 1. The van der Waals surface area contributed by atoms with Gasteiger partial charge in [0.1, 0.15) is 0 Å². The molecule has 2 rings (SSSR count). The van der Waals surface area contributed by atoms with Crippen molar-refractivity contribution in [1.29, 1.82) is 0 Å². The molecular weight excluding hydrogens is 248 g/mol. The van der Waals surface area contributed by atoms with Gasteiger partial charge in [-0.2, -0.15) is 0 Å². The summed E-state index contributed by atoms with van der Waals surface area (Å²) in [5.41, 5.74) is 2.69. The molecular formula is C17H26N2O. The van der Waals surface area contributed by atoms with Crippen molar-refractivity contribution in [2.45, 2.75) is 45.6 Å². The highest BCUT2D eigenvalue weighted by molar-refractivity contribution is 5.76. The van der Waals surface area contributed by atoms with E-state index in [1.807, 2.05) is 4.90 Å². The second kappa shape index (κ2) is 8.05. The number of hydrogen-bond donors (Lipinski definition) is 1. The van der Waals surface area contributed by atoms with Crippen LogP contribution in [-0.4, -0.2) is 30.4 Å². The highest BCUT2D eigenvalue weighted by atomic mass is 16.2. The number of hydrogen-bond acceptors (Lipinski definition) is 2. The number of amides is 1. The average Bonchev–Trinajstić information content (AvgIpc) is 2.69. The molecule has 1 aromatic rings. The van der Waals surface area contributed by atoms with Crippen molar-refractivity contribution >= 4 is 5.91 Å². The lowest BCUT2D eigenvalue weighted by Gasteiger charge is -2.20. The Balaban J connectivity index is 1.68. The molecule has 0 radical (unpaired) electrons. The lowest BCUT2D eigenvalue weighted by Crippen LogP contribution is -2.36. The number of carbonyl (C=O) groups is 1. The van der Waals surface area contributed by atoms with E-state index in [9.17, 15) is 4.79 Å². The van der Waals surface area contributed by atoms with Crippen LogP contribution in [0.25, 0.3) is 0 Å². The maximum absolute atomic E-state index is 11.8. The molecule has 0 saturated carbocycles. The van der Waals surface area contributed by atoms with Crippen molar-refractivity contribution in [1.82, 2.24) is 10.2 Å². The second-order valence-corrected chi connectivity index (χ2v) is 5.54. The lowest BCUT2D eigenvalue weighted by molar-refractivity contribution is -0.130. The standard InChI is InChI=1S/C17H26N2O/c1-2-15-7-9-16(10-8-15)14-18-11-13-19-12-5-3-4-6-17(19)20/h7-10,18H,2-6,11-14H2,1H3. The van der Waals surface area contributed by atoms with Gasteiger partial charge in [0.2, 0.25) is 5.91 Å². The Kier molecular flexibility index (Phi) is 6.06. The fourth-order valence-electron chi connectivity index (χ4n) is 2.61. The van der Waals surface area contributed by atoms with E-state index in [0.717, 1.165) is 51.9 Å². The minimum Gasteiger partial charge on any atom is -0.341 e. The maximum atomic E-state index is 11.8. The van der Waals surface area contributed by atoms with Gasteiger partial charge in [-0.15, -0.1) is 0 Å². The summed E-state index contributed by atoms with van der Waals surface area (Å²) in [6, 6.07) is 8.75. The predicted molar refractivity (Wildman–Crippen MR) is 82.6 cm³/mol. The SMILES string of the molecule is CCc1ccc(CNCCN2CCCCCC2=O)cc1. The Labute approximate surface area is 122 Å². The van der Waals surface area contributed by atoms with Crippen molar-refractivity contribution in [2.24, 2.45) is 0 Å². The van der Waals surface area contributed by atoms with Gasteiger partial charge in [-0.05, 0) is 30.4 Å². The molecule has 110 valence electrons. The molecule has 1 amide bonds. The van der Waals surface area contributed by atoms with Crippen LogP contribution in [-0.2, 0) is 17.8 Å². The van der Waals surface area contributed by atoms with Gasteiger partial charge in [0, 0.05) is 32.6 Å². The Morgan fingerprint density at radius 2 is 1.85 bits per heavy atom. The number of aryl methyl sites for hydroxylation is 1. The largest absolute Gasteiger partial charge is 0.341 e. The minimum atomic E-state index is 0.330. The first-order valence-corrected chi connectivity index (χ1v) is 7.86. The second-order valence-electron chi connectivity index (χ2n) is 5.54. The molecule has 1 heterocycles. The molecule has 20 heavy (non-hydrogen) atoms. The number of likely N-dealkylation sites (tertiary alicyclic amines) is 1. The van der Waals surface area contributed by atoms with Crippen LogP contribution < -0.4 is 5.32 Å². The van der Waals surface area contributed by atoms with Crippen LogP contribution in [0.3, 0.4) is 0 Å². The van der Waals surface area contributed by atoms with Crippen molar-refractivity contribution in [3.8, 4) is 0 Å². The lowest BCUT2D eigenvalue weighted by atomic mass is 10.1. The monoisotopic (exact) mass is 274 g/mol. The van der Waals surface area contributed by atoms with Crippen LogP contribution in [0.2, 0.25) is 0 Å². The van der Waals surface area contributed by atoms with Crippen LogP contribution in [0.1, 0.15) is 43.7 Å². The fourth-order valence-corrected chi connectivity index (χ4v) is 2.61. The molecule has 0 unspecified atom stereocenters. The Morgan fingerprint density at radius 1 is 1.10 bits per heavy atom. The van der Waals surface area contributed by atoms with Gasteiger partial charge < -0.3 is 10.2 Å². The van der Waals surface area contributed by atoms with Gasteiger partial charge in [0.05, 0.1) is 0 Å². The number of benzene rings is 1. The molecule has 1 aliphatic heterocycles. The van der Waals surface area contributed by atoms with Crippen molar-refractivity contribution in [3.05, 3.63) is 35.4 Å². The molecule has 1 aliphatic rings. The van der Waals surface area contributed by atoms with E-state index in [4.69, 9.17) is 0 Å². The summed E-state index contributed by atoms with van der Waals surface area (Å²) in [6.07, 6.45) is 5.24.